The van der Waals surface area contributed by atoms with E-state index in [0.717, 1.165) is 38.5 Å². The van der Waals surface area contributed by atoms with Gasteiger partial charge in [-0.2, -0.15) is 0 Å². The van der Waals surface area contributed by atoms with Crippen LogP contribution in [0.4, 0.5) is 5.69 Å². The molecule has 0 spiro atoms. The largest absolute Gasteiger partial charge is 0.493 e. The molecule has 1 aromatic carbocycles. The van der Waals surface area contributed by atoms with Gasteiger partial charge in [-0.15, -0.1) is 0 Å². The van der Waals surface area contributed by atoms with Gasteiger partial charge in [-0.1, -0.05) is 6.92 Å². The average molecular weight is 291 g/mol. The summed E-state index contributed by atoms with van der Waals surface area (Å²) < 4.78 is 5.57. The van der Waals surface area contributed by atoms with Crippen LogP contribution in [0.1, 0.15) is 19.8 Å². The van der Waals surface area contributed by atoms with Crippen LogP contribution in [0.3, 0.4) is 0 Å². The molecular formula is C16H25N3O2. The van der Waals surface area contributed by atoms with E-state index >= 15 is 0 Å². The Kier molecular flexibility index (Phi) is 5.87. The number of amides is 1. The van der Waals surface area contributed by atoms with Crippen LogP contribution < -0.4 is 10.5 Å². The second-order valence-corrected chi connectivity index (χ2v) is 5.39. The lowest BCUT2D eigenvalue weighted by atomic mass is 10.2. The van der Waals surface area contributed by atoms with Gasteiger partial charge < -0.3 is 15.4 Å². The second kappa shape index (κ2) is 7.88. The zero-order chi connectivity index (χ0) is 15.1. The van der Waals surface area contributed by atoms with E-state index in [1.54, 1.807) is 12.1 Å². The lowest BCUT2D eigenvalue weighted by Gasteiger charge is -2.34. The molecule has 0 radical (unpaired) electrons. The number of hydrogen-bond donors (Lipinski definition) is 1. The maximum atomic E-state index is 12.1. The number of carbonyl (C=O) groups excluding carboxylic acids is 1. The van der Waals surface area contributed by atoms with Gasteiger partial charge in [0.25, 0.3) is 0 Å². The SMILES string of the molecule is CCCN1CCN(C(=O)CCOc2ccc(N)cc2)CC1. The van der Waals surface area contributed by atoms with Crippen molar-refractivity contribution in [3.8, 4) is 5.75 Å². The molecule has 1 aromatic rings. The number of nitrogen functional groups attached to an aromatic ring is 1. The first-order chi connectivity index (χ1) is 10.2. The molecule has 2 rings (SSSR count). The van der Waals surface area contributed by atoms with Crippen LogP contribution >= 0.6 is 0 Å². The summed E-state index contributed by atoms with van der Waals surface area (Å²) in [5, 5.41) is 0. The zero-order valence-corrected chi connectivity index (χ0v) is 12.8. The van der Waals surface area contributed by atoms with E-state index in [9.17, 15) is 4.79 Å². The van der Waals surface area contributed by atoms with Gasteiger partial charge in [0.1, 0.15) is 5.75 Å². The zero-order valence-electron chi connectivity index (χ0n) is 12.8. The number of nitrogens with two attached hydrogens (primary N) is 1. The number of anilines is 1. The van der Waals surface area contributed by atoms with Gasteiger partial charge in [-0.25, -0.2) is 0 Å². The second-order valence-electron chi connectivity index (χ2n) is 5.39. The van der Waals surface area contributed by atoms with Crippen LogP contribution in [-0.2, 0) is 4.79 Å². The third kappa shape index (κ3) is 4.93. The van der Waals surface area contributed by atoms with E-state index in [0.29, 0.717) is 18.7 Å². The fraction of sp³-hybridized carbons (Fsp3) is 0.562. The van der Waals surface area contributed by atoms with Crippen LogP contribution in [-0.4, -0.2) is 55.0 Å². The predicted molar refractivity (Wildman–Crippen MR) is 84.3 cm³/mol. The van der Waals surface area contributed by atoms with Gasteiger partial charge >= 0.3 is 0 Å². The van der Waals surface area contributed by atoms with Gasteiger partial charge in [-0.05, 0) is 37.2 Å². The minimum atomic E-state index is 0.182. The van der Waals surface area contributed by atoms with Gasteiger partial charge in [0.05, 0.1) is 13.0 Å². The Morgan fingerprint density at radius 3 is 2.48 bits per heavy atom. The molecule has 0 bridgehead atoms. The van der Waals surface area contributed by atoms with Crippen molar-refractivity contribution in [2.45, 2.75) is 19.8 Å². The standard InChI is InChI=1S/C16H25N3O2/c1-2-8-18-9-11-19(12-10-18)16(20)7-13-21-15-5-3-14(17)4-6-15/h3-6H,2,7-13,17H2,1H3. The summed E-state index contributed by atoms with van der Waals surface area (Å²) in [5.74, 6) is 0.936. The lowest BCUT2D eigenvalue weighted by Crippen LogP contribution is -2.49. The number of piperazine rings is 1. The van der Waals surface area contributed by atoms with Crippen LogP contribution in [0.15, 0.2) is 24.3 Å². The molecule has 0 aliphatic carbocycles. The number of benzene rings is 1. The van der Waals surface area contributed by atoms with Crippen molar-refractivity contribution in [2.24, 2.45) is 0 Å². The number of hydrogen-bond acceptors (Lipinski definition) is 4. The maximum Gasteiger partial charge on any atom is 0.226 e. The molecule has 1 amide bonds. The third-order valence-corrected chi connectivity index (χ3v) is 3.73. The molecule has 1 fully saturated rings. The molecular weight excluding hydrogens is 266 g/mol. The fourth-order valence-corrected chi connectivity index (χ4v) is 2.52. The van der Waals surface area contributed by atoms with Crippen LogP contribution in [0.2, 0.25) is 0 Å². The van der Waals surface area contributed by atoms with E-state index < -0.39 is 0 Å². The van der Waals surface area contributed by atoms with Crippen molar-refractivity contribution >= 4 is 11.6 Å². The van der Waals surface area contributed by atoms with Gasteiger partial charge in [0, 0.05) is 31.9 Å². The Morgan fingerprint density at radius 1 is 1.19 bits per heavy atom. The highest BCUT2D eigenvalue weighted by Crippen LogP contribution is 2.13. The van der Waals surface area contributed by atoms with Crippen molar-refractivity contribution in [3.05, 3.63) is 24.3 Å². The molecule has 0 atom stereocenters. The Labute approximate surface area is 126 Å². The van der Waals surface area contributed by atoms with Crippen molar-refractivity contribution in [3.63, 3.8) is 0 Å². The predicted octanol–water partition coefficient (Wildman–Crippen LogP) is 1.59. The smallest absolute Gasteiger partial charge is 0.226 e. The topological polar surface area (TPSA) is 58.8 Å². The molecule has 21 heavy (non-hydrogen) atoms. The first kappa shape index (κ1) is 15.6. The number of ether oxygens (including phenoxy) is 1. The molecule has 1 heterocycles. The van der Waals surface area contributed by atoms with E-state index in [1.807, 2.05) is 17.0 Å². The maximum absolute atomic E-state index is 12.1. The molecule has 0 aromatic heterocycles. The Bertz CT molecular complexity index is 439. The van der Waals surface area contributed by atoms with Crippen molar-refractivity contribution < 1.29 is 9.53 Å². The van der Waals surface area contributed by atoms with E-state index in [1.165, 1.54) is 6.42 Å². The highest BCUT2D eigenvalue weighted by atomic mass is 16.5. The minimum Gasteiger partial charge on any atom is -0.493 e. The normalized spacial score (nSPS) is 16.0. The Hall–Kier alpha value is -1.75. The van der Waals surface area contributed by atoms with E-state index in [4.69, 9.17) is 10.5 Å². The van der Waals surface area contributed by atoms with Crippen molar-refractivity contribution in [1.82, 2.24) is 9.80 Å². The number of carbonyl (C=O) groups is 1. The third-order valence-electron chi connectivity index (χ3n) is 3.73. The summed E-state index contributed by atoms with van der Waals surface area (Å²) in [7, 11) is 0. The Balaban J connectivity index is 1.67. The molecule has 1 aliphatic heterocycles. The highest BCUT2D eigenvalue weighted by Gasteiger charge is 2.20. The summed E-state index contributed by atoms with van der Waals surface area (Å²) in [5.41, 5.74) is 6.32. The monoisotopic (exact) mass is 291 g/mol. The summed E-state index contributed by atoms with van der Waals surface area (Å²) in [4.78, 5) is 16.5. The summed E-state index contributed by atoms with van der Waals surface area (Å²) in [6, 6.07) is 7.24. The Morgan fingerprint density at radius 2 is 1.86 bits per heavy atom. The van der Waals surface area contributed by atoms with Crippen LogP contribution in [0.5, 0.6) is 5.75 Å². The molecule has 5 nitrogen and oxygen atoms in total. The van der Waals surface area contributed by atoms with E-state index in [2.05, 4.69) is 11.8 Å². The fourth-order valence-electron chi connectivity index (χ4n) is 2.52. The minimum absolute atomic E-state index is 0.182. The molecule has 0 saturated carbocycles. The number of nitrogens with zero attached hydrogens (tertiary/aromatic N) is 2. The van der Waals surface area contributed by atoms with Crippen LogP contribution in [0, 0.1) is 0 Å². The lowest BCUT2D eigenvalue weighted by molar-refractivity contribution is -0.133. The average Bonchev–Trinajstić information content (AvgIpc) is 2.50. The number of rotatable bonds is 6. The molecule has 1 aliphatic rings. The quantitative estimate of drug-likeness (QED) is 0.809. The summed E-state index contributed by atoms with van der Waals surface area (Å²) in [6.45, 7) is 7.37. The molecule has 1 saturated heterocycles. The first-order valence-corrected chi connectivity index (χ1v) is 7.67. The van der Waals surface area contributed by atoms with Crippen molar-refractivity contribution in [1.29, 1.82) is 0 Å². The molecule has 5 heteroatoms. The summed E-state index contributed by atoms with van der Waals surface area (Å²) >= 11 is 0. The summed E-state index contributed by atoms with van der Waals surface area (Å²) in [6.07, 6.45) is 1.60. The van der Waals surface area contributed by atoms with Gasteiger partial charge in [-0.3, -0.25) is 9.69 Å². The van der Waals surface area contributed by atoms with Crippen molar-refractivity contribution in [2.75, 3.05) is 45.1 Å². The molecule has 116 valence electrons. The van der Waals surface area contributed by atoms with Gasteiger partial charge in [0.2, 0.25) is 5.91 Å². The molecule has 0 unspecified atom stereocenters. The van der Waals surface area contributed by atoms with E-state index in [-0.39, 0.29) is 5.91 Å². The highest BCUT2D eigenvalue weighted by molar-refractivity contribution is 5.76. The first-order valence-electron chi connectivity index (χ1n) is 7.67. The molecule has 2 N–H and O–H groups in total. The van der Waals surface area contributed by atoms with Crippen LogP contribution in [0.25, 0.3) is 0 Å². The van der Waals surface area contributed by atoms with Gasteiger partial charge in [0.15, 0.2) is 0 Å².